The van der Waals surface area contributed by atoms with Gasteiger partial charge in [-0.15, -0.1) is 0 Å². The molecule has 0 aliphatic heterocycles. The minimum Gasteiger partial charge on any atom is -0.298 e. The van der Waals surface area contributed by atoms with Gasteiger partial charge in [-0.05, 0) is 0 Å². The van der Waals surface area contributed by atoms with Crippen LogP contribution >= 0.6 is 34.8 Å². The topological polar surface area (TPSA) is 60.2 Å². The molecule has 0 saturated heterocycles. The normalized spacial score (nSPS) is 9.93. The number of nitro groups is 1. The van der Waals surface area contributed by atoms with Crippen molar-refractivity contribution in [2.24, 2.45) is 0 Å². The first-order chi connectivity index (χ1) is 6.49. The second kappa shape index (κ2) is 4.13. The average Bonchev–Trinajstić information content (AvgIpc) is 2.14. The molecule has 0 aliphatic rings. The molecule has 0 amide bonds. The summed E-state index contributed by atoms with van der Waals surface area (Å²) in [7, 11) is 0. The summed E-state index contributed by atoms with van der Waals surface area (Å²) in [6.07, 6.45) is 0.373. The monoisotopic (exact) mass is 253 g/mol. The maximum atomic E-state index is 10.5. The second-order valence-corrected chi connectivity index (χ2v) is 3.44. The van der Waals surface area contributed by atoms with Crippen molar-refractivity contribution in [3.8, 4) is 0 Å². The molecular formula is C7H2Cl3NO3. The number of hydrogen-bond donors (Lipinski definition) is 0. The van der Waals surface area contributed by atoms with E-state index < -0.39 is 10.6 Å². The summed E-state index contributed by atoms with van der Waals surface area (Å²) in [5.74, 6) is 0. The highest BCUT2D eigenvalue weighted by atomic mass is 35.5. The van der Waals surface area contributed by atoms with Crippen molar-refractivity contribution in [3.63, 3.8) is 0 Å². The van der Waals surface area contributed by atoms with Crippen molar-refractivity contribution in [2.45, 2.75) is 0 Å². The van der Waals surface area contributed by atoms with Crippen LogP contribution in [0.3, 0.4) is 0 Å². The van der Waals surface area contributed by atoms with Crippen molar-refractivity contribution in [3.05, 3.63) is 36.8 Å². The van der Waals surface area contributed by atoms with Crippen LogP contribution in [0.1, 0.15) is 10.4 Å². The predicted octanol–water partition coefficient (Wildman–Crippen LogP) is 3.37. The number of rotatable bonds is 2. The van der Waals surface area contributed by atoms with Gasteiger partial charge < -0.3 is 0 Å². The fourth-order valence-electron chi connectivity index (χ4n) is 0.828. The minimum absolute atomic E-state index is 0.0623. The molecule has 0 heterocycles. The molecule has 1 aromatic rings. The van der Waals surface area contributed by atoms with Crippen LogP contribution < -0.4 is 0 Å². The Morgan fingerprint density at radius 1 is 1.21 bits per heavy atom. The molecule has 14 heavy (non-hydrogen) atoms. The van der Waals surface area contributed by atoms with Gasteiger partial charge in [-0.3, -0.25) is 14.9 Å². The van der Waals surface area contributed by atoms with E-state index in [2.05, 4.69) is 0 Å². The van der Waals surface area contributed by atoms with Crippen molar-refractivity contribution in [1.82, 2.24) is 0 Å². The van der Waals surface area contributed by atoms with Crippen LogP contribution in [0.4, 0.5) is 5.69 Å². The Labute approximate surface area is 93.5 Å². The number of benzene rings is 1. The molecule has 4 nitrogen and oxygen atoms in total. The SMILES string of the molecule is O=Cc1cc([N+](=O)[O-])c(Cl)c(Cl)c1Cl. The van der Waals surface area contributed by atoms with Crippen molar-refractivity contribution in [2.75, 3.05) is 0 Å². The molecule has 0 aromatic heterocycles. The van der Waals surface area contributed by atoms with Gasteiger partial charge in [-0.25, -0.2) is 0 Å². The van der Waals surface area contributed by atoms with Gasteiger partial charge in [0.05, 0.1) is 15.0 Å². The molecule has 0 spiro atoms. The third-order valence-electron chi connectivity index (χ3n) is 1.48. The Hall–Kier alpha value is -0.840. The average molecular weight is 254 g/mol. The summed E-state index contributed by atoms with van der Waals surface area (Å²) >= 11 is 16.7. The fourth-order valence-corrected chi connectivity index (χ4v) is 1.49. The summed E-state index contributed by atoms with van der Waals surface area (Å²) in [5.41, 5.74) is -0.504. The van der Waals surface area contributed by atoms with Crippen LogP contribution in [0.2, 0.25) is 15.1 Å². The van der Waals surface area contributed by atoms with Gasteiger partial charge in [0.15, 0.2) is 6.29 Å². The Bertz CT molecular complexity index is 419. The summed E-state index contributed by atoms with van der Waals surface area (Å²) < 4.78 is 0. The molecule has 0 bridgehead atoms. The minimum atomic E-state index is -0.739. The molecule has 0 radical (unpaired) electrons. The highest BCUT2D eigenvalue weighted by Gasteiger charge is 2.21. The molecular weight excluding hydrogens is 252 g/mol. The number of hydrogen-bond acceptors (Lipinski definition) is 3. The van der Waals surface area contributed by atoms with Crippen LogP contribution in [0.5, 0.6) is 0 Å². The highest BCUT2D eigenvalue weighted by Crippen LogP contribution is 2.38. The number of carbonyl (C=O) groups excluding carboxylic acids is 1. The lowest BCUT2D eigenvalue weighted by Crippen LogP contribution is -1.93. The standard InChI is InChI=1S/C7H2Cl3NO3/c8-5-3(2-12)1-4(11(13)14)6(9)7(5)10/h1-2H. The number of aldehydes is 1. The van der Waals surface area contributed by atoms with E-state index in [0.717, 1.165) is 6.07 Å². The summed E-state index contributed by atoms with van der Waals surface area (Å²) in [5, 5.41) is 9.91. The quantitative estimate of drug-likeness (QED) is 0.352. The Morgan fingerprint density at radius 3 is 2.21 bits per heavy atom. The van der Waals surface area contributed by atoms with Crippen LogP contribution in [0.15, 0.2) is 6.07 Å². The Balaban J connectivity index is 3.56. The van der Waals surface area contributed by atoms with Gasteiger partial charge in [0, 0.05) is 11.6 Å². The zero-order chi connectivity index (χ0) is 10.9. The Morgan fingerprint density at radius 2 is 1.79 bits per heavy atom. The van der Waals surface area contributed by atoms with E-state index in [0.29, 0.717) is 6.29 Å². The number of carbonyl (C=O) groups is 1. The molecule has 0 unspecified atom stereocenters. The largest absolute Gasteiger partial charge is 0.298 e. The van der Waals surface area contributed by atoms with E-state index in [4.69, 9.17) is 34.8 Å². The van der Waals surface area contributed by atoms with E-state index >= 15 is 0 Å². The van der Waals surface area contributed by atoms with E-state index in [-0.39, 0.29) is 20.6 Å². The zero-order valence-electron chi connectivity index (χ0n) is 6.46. The van der Waals surface area contributed by atoms with Gasteiger partial charge in [-0.2, -0.15) is 0 Å². The molecule has 1 aromatic carbocycles. The van der Waals surface area contributed by atoms with Crippen molar-refractivity contribution < 1.29 is 9.72 Å². The fraction of sp³-hybridized carbons (Fsp3) is 0. The first-order valence-corrected chi connectivity index (χ1v) is 4.39. The molecule has 0 fully saturated rings. The third-order valence-corrected chi connectivity index (χ3v) is 2.84. The third kappa shape index (κ3) is 1.82. The molecule has 0 saturated carbocycles. The predicted molar refractivity (Wildman–Crippen MR) is 53.5 cm³/mol. The summed E-state index contributed by atoms with van der Waals surface area (Å²) in [6.45, 7) is 0. The van der Waals surface area contributed by atoms with Crippen LogP contribution in [0.25, 0.3) is 0 Å². The van der Waals surface area contributed by atoms with Gasteiger partial charge in [0.1, 0.15) is 5.02 Å². The Kier molecular flexibility index (Phi) is 3.31. The molecule has 0 N–H and O–H groups in total. The molecule has 74 valence electrons. The molecule has 0 atom stereocenters. The lowest BCUT2D eigenvalue weighted by Gasteiger charge is -2.02. The molecule has 1 rings (SSSR count). The van der Waals surface area contributed by atoms with E-state index in [1.807, 2.05) is 0 Å². The maximum absolute atomic E-state index is 10.5. The maximum Gasteiger partial charge on any atom is 0.290 e. The smallest absolute Gasteiger partial charge is 0.290 e. The zero-order valence-corrected chi connectivity index (χ0v) is 8.73. The van der Waals surface area contributed by atoms with Crippen molar-refractivity contribution >= 4 is 46.8 Å². The van der Waals surface area contributed by atoms with Crippen LogP contribution in [-0.2, 0) is 0 Å². The van der Waals surface area contributed by atoms with E-state index in [9.17, 15) is 14.9 Å². The molecule has 0 aliphatic carbocycles. The lowest BCUT2D eigenvalue weighted by molar-refractivity contribution is -0.384. The van der Waals surface area contributed by atoms with Crippen molar-refractivity contribution in [1.29, 1.82) is 0 Å². The number of nitro benzene ring substituents is 1. The first-order valence-electron chi connectivity index (χ1n) is 3.26. The number of nitrogens with zero attached hydrogens (tertiary/aromatic N) is 1. The molecule has 7 heteroatoms. The van der Waals surface area contributed by atoms with Crippen LogP contribution in [-0.4, -0.2) is 11.2 Å². The second-order valence-electron chi connectivity index (χ2n) is 2.30. The lowest BCUT2D eigenvalue weighted by atomic mass is 10.2. The van der Waals surface area contributed by atoms with Gasteiger partial charge in [0.25, 0.3) is 5.69 Å². The summed E-state index contributed by atoms with van der Waals surface area (Å²) in [6, 6.07) is 0.976. The van der Waals surface area contributed by atoms with Crippen LogP contribution in [0, 0.1) is 10.1 Å². The van der Waals surface area contributed by atoms with Gasteiger partial charge in [0.2, 0.25) is 0 Å². The van der Waals surface area contributed by atoms with E-state index in [1.54, 1.807) is 0 Å². The highest BCUT2D eigenvalue weighted by molar-refractivity contribution is 6.49. The number of halogens is 3. The van der Waals surface area contributed by atoms with Gasteiger partial charge in [-0.1, -0.05) is 34.8 Å². The summed E-state index contributed by atoms with van der Waals surface area (Å²) in [4.78, 5) is 20.2. The first kappa shape index (κ1) is 11.2. The van der Waals surface area contributed by atoms with Gasteiger partial charge >= 0.3 is 0 Å². The van der Waals surface area contributed by atoms with E-state index in [1.165, 1.54) is 0 Å².